The molecule has 0 bridgehead atoms. The molecule has 0 amide bonds. The molecule has 19 heavy (non-hydrogen) atoms. The number of hydrazine groups is 1. The number of anilines is 1. The van der Waals surface area contributed by atoms with E-state index in [0.29, 0.717) is 24.8 Å². The Morgan fingerprint density at radius 1 is 1.58 bits per heavy atom. The summed E-state index contributed by atoms with van der Waals surface area (Å²) in [5.74, 6) is 6.09. The molecule has 7 heteroatoms. The lowest BCUT2D eigenvalue weighted by atomic mass is 10.0. The second-order valence-electron chi connectivity index (χ2n) is 4.83. The molecule has 1 aliphatic heterocycles. The average Bonchev–Trinajstić information content (AvgIpc) is 2.88. The SMILES string of the molecule is CCCC1CCN(S(=O)(=O)c2ccnc(NN)c2)C1. The fraction of sp³-hybridized carbons (Fsp3) is 0.583. The number of sulfonamides is 1. The predicted molar refractivity (Wildman–Crippen MR) is 73.8 cm³/mol. The van der Waals surface area contributed by atoms with E-state index in [4.69, 9.17) is 5.84 Å². The van der Waals surface area contributed by atoms with Crippen molar-refractivity contribution in [1.29, 1.82) is 0 Å². The molecule has 1 aliphatic rings. The van der Waals surface area contributed by atoms with Gasteiger partial charge in [0.1, 0.15) is 5.82 Å². The van der Waals surface area contributed by atoms with E-state index in [-0.39, 0.29) is 4.90 Å². The maximum atomic E-state index is 12.5. The van der Waals surface area contributed by atoms with E-state index in [2.05, 4.69) is 17.3 Å². The average molecular weight is 284 g/mol. The Bertz CT molecular complexity index is 532. The van der Waals surface area contributed by atoms with Crippen molar-refractivity contribution >= 4 is 15.8 Å². The summed E-state index contributed by atoms with van der Waals surface area (Å²) < 4.78 is 26.5. The fourth-order valence-electron chi connectivity index (χ4n) is 2.46. The molecule has 1 aromatic rings. The molecule has 0 spiro atoms. The van der Waals surface area contributed by atoms with Gasteiger partial charge in [-0.3, -0.25) is 0 Å². The summed E-state index contributed by atoms with van der Waals surface area (Å²) in [4.78, 5) is 4.17. The van der Waals surface area contributed by atoms with Crippen LogP contribution < -0.4 is 11.3 Å². The summed E-state index contributed by atoms with van der Waals surface area (Å²) in [5, 5.41) is 0. The van der Waals surface area contributed by atoms with Crippen molar-refractivity contribution in [3.8, 4) is 0 Å². The van der Waals surface area contributed by atoms with Crippen LogP contribution in [0.25, 0.3) is 0 Å². The Labute approximate surface area is 114 Å². The van der Waals surface area contributed by atoms with Gasteiger partial charge in [-0.05, 0) is 24.8 Å². The van der Waals surface area contributed by atoms with Crippen LogP contribution in [0.1, 0.15) is 26.2 Å². The quantitative estimate of drug-likeness (QED) is 0.626. The van der Waals surface area contributed by atoms with Crippen molar-refractivity contribution in [3.05, 3.63) is 18.3 Å². The second kappa shape index (κ2) is 5.85. The minimum atomic E-state index is -3.42. The minimum Gasteiger partial charge on any atom is -0.308 e. The third kappa shape index (κ3) is 3.05. The van der Waals surface area contributed by atoms with Crippen molar-refractivity contribution in [2.45, 2.75) is 31.1 Å². The fourth-order valence-corrected chi connectivity index (χ4v) is 4.00. The van der Waals surface area contributed by atoms with E-state index in [9.17, 15) is 8.42 Å². The van der Waals surface area contributed by atoms with E-state index in [0.717, 1.165) is 19.3 Å². The maximum absolute atomic E-state index is 12.5. The number of hydrogen-bond acceptors (Lipinski definition) is 5. The molecule has 0 saturated carbocycles. The van der Waals surface area contributed by atoms with Crippen molar-refractivity contribution in [2.75, 3.05) is 18.5 Å². The molecule has 1 aromatic heterocycles. The third-order valence-corrected chi connectivity index (χ3v) is 5.32. The van der Waals surface area contributed by atoms with E-state index < -0.39 is 10.0 Å². The van der Waals surface area contributed by atoms with Crippen LogP contribution >= 0.6 is 0 Å². The lowest BCUT2D eigenvalue weighted by Gasteiger charge is -2.16. The first kappa shape index (κ1) is 14.2. The van der Waals surface area contributed by atoms with Gasteiger partial charge in [-0.15, -0.1) is 0 Å². The van der Waals surface area contributed by atoms with Gasteiger partial charge in [-0.1, -0.05) is 13.3 Å². The van der Waals surface area contributed by atoms with Crippen LogP contribution in [0.3, 0.4) is 0 Å². The number of nitrogens with one attached hydrogen (secondary N) is 1. The number of nitrogens with two attached hydrogens (primary N) is 1. The van der Waals surface area contributed by atoms with Gasteiger partial charge in [0.25, 0.3) is 0 Å². The summed E-state index contributed by atoms with van der Waals surface area (Å²) in [6.07, 6.45) is 4.56. The van der Waals surface area contributed by atoms with Crippen molar-refractivity contribution in [2.24, 2.45) is 11.8 Å². The molecule has 6 nitrogen and oxygen atoms in total. The zero-order chi connectivity index (χ0) is 13.9. The number of aromatic nitrogens is 1. The lowest BCUT2D eigenvalue weighted by molar-refractivity contribution is 0.444. The predicted octanol–water partition coefficient (Wildman–Crippen LogP) is 1.18. The van der Waals surface area contributed by atoms with Gasteiger partial charge in [0.15, 0.2) is 0 Å². The van der Waals surface area contributed by atoms with Crippen LogP contribution in [0.2, 0.25) is 0 Å². The van der Waals surface area contributed by atoms with Crippen LogP contribution in [0.4, 0.5) is 5.82 Å². The summed E-state index contributed by atoms with van der Waals surface area (Å²) in [5.41, 5.74) is 2.37. The van der Waals surface area contributed by atoms with Gasteiger partial charge >= 0.3 is 0 Å². The van der Waals surface area contributed by atoms with Crippen LogP contribution in [-0.2, 0) is 10.0 Å². The Morgan fingerprint density at radius 2 is 2.37 bits per heavy atom. The van der Waals surface area contributed by atoms with Gasteiger partial charge in [0.05, 0.1) is 4.90 Å². The molecular formula is C12H20N4O2S. The van der Waals surface area contributed by atoms with Gasteiger partial charge < -0.3 is 5.43 Å². The number of pyridine rings is 1. The smallest absolute Gasteiger partial charge is 0.243 e. The molecule has 0 radical (unpaired) electrons. The number of hydrogen-bond donors (Lipinski definition) is 2. The van der Waals surface area contributed by atoms with Crippen molar-refractivity contribution < 1.29 is 8.42 Å². The standard InChI is InChI=1S/C12H20N4O2S/c1-2-3-10-5-7-16(9-10)19(17,18)11-4-6-14-12(8-11)15-13/h4,6,8,10H,2-3,5,7,9,13H2,1H3,(H,14,15). The summed E-state index contributed by atoms with van der Waals surface area (Å²) in [6.45, 7) is 3.34. The minimum absolute atomic E-state index is 0.243. The van der Waals surface area contributed by atoms with Crippen molar-refractivity contribution in [3.63, 3.8) is 0 Å². The summed E-state index contributed by atoms with van der Waals surface area (Å²) >= 11 is 0. The Balaban J connectivity index is 2.18. The first-order chi connectivity index (χ1) is 9.07. The molecular weight excluding hydrogens is 264 g/mol. The molecule has 1 atom stereocenters. The molecule has 1 fully saturated rings. The highest BCUT2D eigenvalue weighted by atomic mass is 32.2. The molecule has 106 valence electrons. The first-order valence-corrected chi connectivity index (χ1v) is 7.94. The number of nitrogen functional groups attached to an aromatic ring is 1. The third-order valence-electron chi connectivity index (χ3n) is 3.46. The number of rotatable bonds is 5. The highest BCUT2D eigenvalue weighted by Gasteiger charge is 2.32. The monoisotopic (exact) mass is 284 g/mol. The normalized spacial score (nSPS) is 20.6. The zero-order valence-corrected chi connectivity index (χ0v) is 11.9. The Hall–Kier alpha value is -1.18. The molecule has 2 heterocycles. The lowest BCUT2D eigenvalue weighted by Crippen LogP contribution is -2.29. The van der Waals surface area contributed by atoms with Crippen LogP contribution in [0, 0.1) is 5.92 Å². The first-order valence-electron chi connectivity index (χ1n) is 6.50. The topological polar surface area (TPSA) is 88.3 Å². The molecule has 3 N–H and O–H groups in total. The number of nitrogens with zero attached hydrogens (tertiary/aromatic N) is 2. The largest absolute Gasteiger partial charge is 0.308 e. The van der Waals surface area contributed by atoms with E-state index in [1.807, 2.05) is 0 Å². The van der Waals surface area contributed by atoms with Crippen LogP contribution in [-0.4, -0.2) is 30.8 Å². The molecule has 1 saturated heterocycles. The van der Waals surface area contributed by atoms with E-state index in [1.165, 1.54) is 18.3 Å². The highest BCUT2D eigenvalue weighted by Crippen LogP contribution is 2.27. The second-order valence-corrected chi connectivity index (χ2v) is 6.77. The molecule has 0 aliphatic carbocycles. The Morgan fingerprint density at radius 3 is 3.05 bits per heavy atom. The van der Waals surface area contributed by atoms with Gasteiger partial charge in [0, 0.05) is 25.4 Å². The highest BCUT2D eigenvalue weighted by molar-refractivity contribution is 7.89. The maximum Gasteiger partial charge on any atom is 0.243 e. The van der Waals surface area contributed by atoms with Gasteiger partial charge in [-0.2, -0.15) is 4.31 Å². The van der Waals surface area contributed by atoms with Crippen molar-refractivity contribution in [1.82, 2.24) is 9.29 Å². The van der Waals surface area contributed by atoms with Crippen LogP contribution in [0.5, 0.6) is 0 Å². The van der Waals surface area contributed by atoms with Gasteiger partial charge in [0.2, 0.25) is 10.0 Å². The van der Waals surface area contributed by atoms with Crippen LogP contribution in [0.15, 0.2) is 23.2 Å². The molecule has 1 unspecified atom stereocenters. The molecule has 2 rings (SSSR count). The zero-order valence-electron chi connectivity index (χ0n) is 11.0. The van der Waals surface area contributed by atoms with Gasteiger partial charge in [-0.25, -0.2) is 19.2 Å². The Kier molecular flexibility index (Phi) is 4.38. The molecule has 0 aromatic carbocycles. The van der Waals surface area contributed by atoms with E-state index in [1.54, 1.807) is 4.31 Å². The van der Waals surface area contributed by atoms with E-state index >= 15 is 0 Å². The summed E-state index contributed by atoms with van der Waals surface area (Å²) in [7, 11) is -3.42. The summed E-state index contributed by atoms with van der Waals surface area (Å²) in [6, 6.07) is 2.96.